The molecule has 0 radical (unpaired) electrons. The Labute approximate surface area is 141 Å². The maximum Gasteiger partial charge on any atom is 0.307 e. The average Bonchev–Trinajstić information content (AvgIpc) is 2.57. The van der Waals surface area contributed by atoms with Crippen LogP contribution in [0.25, 0.3) is 10.9 Å². The molecule has 3 rings (SSSR count). The van der Waals surface area contributed by atoms with Gasteiger partial charge < -0.3 is 10.4 Å². The number of carbonyl (C=O) groups is 2. The number of pyridine rings is 1. The number of nitrogens with zero attached hydrogens (tertiary/aromatic N) is 1. The van der Waals surface area contributed by atoms with Crippen LogP contribution in [-0.2, 0) is 9.59 Å². The van der Waals surface area contributed by atoms with E-state index in [0.29, 0.717) is 24.0 Å². The standard InChI is InChI=1S/C17H15BrN2O3/c18-13-7-8-14(15-12(13)6-3-9-19-15)20-16(21)10-4-1-2-5-11(10)17(22)23/h1-3,6-11H,4-5H2,(H,20,21)(H,22,23)/t10-,11+/m0/s1. The van der Waals surface area contributed by atoms with Crippen LogP contribution in [0.1, 0.15) is 12.8 Å². The first-order valence-electron chi connectivity index (χ1n) is 7.30. The Balaban J connectivity index is 1.90. The number of hydrogen-bond donors (Lipinski definition) is 2. The minimum absolute atomic E-state index is 0.281. The average molecular weight is 375 g/mol. The van der Waals surface area contributed by atoms with Crippen molar-refractivity contribution in [3.05, 3.63) is 47.1 Å². The smallest absolute Gasteiger partial charge is 0.307 e. The molecule has 0 bridgehead atoms. The summed E-state index contributed by atoms with van der Waals surface area (Å²) in [5.41, 5.74) is 1.26. The minimum Gasteiger partial charge on any atom is -0.481 e. The highest BCUT2D eigenvalue weighted by atomic mass is 79.9. The first kappa shape index (κ1) is 15.7. The number of allylic oxidation sites excluding steroid dienone is 2. The molecular weight excluding hydrogens is 360 g/mol. The lowest BCUT2D eigenvalue weighted by Crippen LogP contribution is -2.34. The van der Waals surface area contributed by atoms with Gasteiger partial charge in [-0.3, -0.25) is 14.6 Å². The quantitative estimate of drug-likeness (QED) is 0.804. The fourth-order valence-corrected chi connectivity index (χ4v) is 3.29. The Morgan fingerprint density at radius 2 is 1.91 bits per heavy atom. The molecule has 0 unspecified atom stereocenters. The van der Waals surface area contributed by atoms with Crippen molar-refractivity contribution in [3.63, 3.8) is 0 Å². The van der Waals surface area contributed by atoms with Gasteiger partial charge in [-0.05, 0) is 31.0 Å². The molecule has 1 aromatic carbocycles. The van der Waals surface area contributed by atoms with Crippen molar-refractivity contribution in [3.8, 4) is 0 Å². The van der Waals surface area contributed by atoms with Crippen LogP contribution in [0.4, 0.5) is 5.69 Å². The summed E-state index contributed by atoms with van der Waals surface area (Å²) in [4.78, 5) is 28.2. The van der Waals surface area contributed by atoms with Crippen molar-refractivity contribution < 1.29 is 14.7 Å². The van der Waals surface area contributed by atoms with Gasteiger partial charge in [-0.25, -0.2) is 0 Å². The predicted molar refractivity (Wildman–Crippen MR) is 91.1 cm³/mol. The maximum absolute atomic E-state index is 12.6. The largest absolute Gasteiger partial charge is 0.481 e. The molecule has 0 saturated carbocycles. The summed E-state index contributed by atoms with van der Waals surface area (Å²) in [5, 5.41) is 13.0. The Hall–Kier alpha value is -2.21. The lowest BCUT2D eigenvalue weighted by atomic mass is 9.82. The molecule has 6 heteroatoms. The number of rotatable bonds is 3. The van der Waals surface area contributed by atoms with Crippen molar-refractivity contribution >= 4 is 44.4 Å². The zero-order valence-corrected chi connectivity index (χ0v) is 13.8. The highest BCUT2D eigenvalue weighted by Gasteiger charge is 2.34. The molecular formula is C17H15BrN2O3. The zero-order valence-electron chi connectivity index (χ0n) is 12.2. The van der Waals surface area contributed by atoms with Gasteiger partial charge in [-0.2, -0.15) is 0 Å². The Bertz CT molecular complexity index is 804. The first-order valence-corrected chi connectivity index (χ1v) is 8.09. The van der Waals surface area contributed by atoms with E-state index in [4.69, 9.17) is 0 Å². The number of nitrogens with one attached hydrogen (secondary N) is 1. The molecule has 0 aliphatic heterocycles. The van der Waals surface area contributed by atoms with Gasteiger partial charge in [0.15, 0.2) is 0 Å². The third kappa shape index (κ3) is 3.12. The number of amides is 1. The van der Waals surface area contributed by atoms with E-state index >= 15 is 0 Å². The van der Waals surface area contributed by atoms with Crippen molar-refractivity contribution in [2.45, 2.75) is 12.8 Å². The predicted octanol–water partition coefficient (Wildman–Crippen LogP) is 3.60. The molecule has 2 atom stereocenters. The minimum atomic E-state index is -0.937. The van der Waals surface area contributed by atoms with Crippen LogP contribution in [-0.4, -0.2) is 22.0 Å². The second-order valence-electron chi connectivity index (χ2n) is 5.48. The third-order valence-corrected chi connectivity index (χ3v) is 4.75. The van der Waals surface area contributed by atoms with Crippen molar-refractivity contribution in [2.24, 2.45) is 11.8 Å². The number of aliphatic carboxylic acids is 1. The highest BCUT2D eigenvalue weighted by molar-refractivity contribution is 9.10. The van der Waals surface area contributed by atoms with E-state index in [1.54, 1.807) is 12.3 Å². The Morgan fingerprint density at radius 1 is 1.17 bits per heavy atom. The van der Waals surface area contributed by atoms with Crippen LogP contribution < -0.4 is 5.32 Å². The van der Waals surface area contributed by atoms with E-state index in [-0.39, 0.29) is 5.91 Å². The number of carboxylic acid groups (broad SMARTS) is 1. The van der Waals surface area contributed by atoms with E-state index in [2.05, 4.69) is 26.2 Å². The maximum atomic E-state index is 12.6. The van der Waals surface area contributed by atoms with Crippen LogP contribution in [0.5, 0.6) is 0 Å². The summed E-state index contributed by atoms with van der Waals surface area (Å²) >= 11 is 3.46. The number of fused-ring (bicyclic) bond motifs is 1. The highest BCUT2D eigenvalue weighted by Crippen LogP contribution is 2.31. The van der Waals surface area contributed by atoms with Gasteiger partial charge in [0.05, 0.1) is 23.0 Å². The summed E-state index contributed by atoms with van der Waals surface area (Å²) in [5.74, 6) is -2.47. The van der Waals surface area contributed by atoms with Gasteiger partial charge in [-0.15, -0.1) is 0 Å². The molecule has 1 heterocycles. The monoisotopic (exact) mass is 374 g/mol. The fourth-order valence-electron chi connectivity index (χ4n) is 2.84. The van der Waals surface area contributed by atoms with E-state index < -0.39 is 17.8 Å². The van der Waals surface area contributed by atoms with Crippen molar-refractivity contribution in [1.82, 2.24) is 4.98 Å². The molecule has 2 aromatic rings. The van der Waals surface area contributed by atoms with Crippen LogP contribution >= 0.6 is 15.9 Å². The van der Waals surface area contributed by atoms with Gasteiger partial charge >= 0.3 is 5.97 Å². The van der Waals surface area contributed by atoms with E-state index in [0.717, 1.165) is 9.86 Å². The molecule has 1 amide bonds. The van der Waals surface area contributed by atoms with Gasteiger partial charge in [0.25, 0.3) is 0 Å². The molecule has 0 spiro atoms. The first-order chi connectivity index (χ1) is 11.1. The summed E-state index contributed by atoms with van der Waals surface area (Å²) in [7, 11) is 0. The third-order valence-electron chi connectivity index (χ3n) is 4.06. The Morgan fingerprint density at radius 3 is 2.65 bits per heavy atom. The molecule has 23 heavy (non-hydrogen) atoms. The normalized spacial score (nSPS) is 20.4. The summed E-state index contributed by atoms with van der Waals surface area (Å²) < 4.78 is 0.891. The molecule has 1 aliphatic rings. The topological polar surface area (TPSA) is 79.3 Å². The molecule has 1 aromatic heterocycles. The molecule has 0 fully saturated rings. The van der Waals surface area contributed by atoms with Gasteiger partial charge in [-0.1, -0.05) is 34.1 Å². The van der Waals surface area contributed by atoms with Gasteiger partial charge in [0, 0.05) is 16.1 Å². The summed E-state index contributed by atoms with van der Waals surface area (Å²) in [6.45, 7) is 0. The molecule has 1 aliphatic carbocycles. The van der Waals surface area contributed by atoms with E-state index in [1.165, 1.54) is 0 Å². The molecule has 0 saturated heterocycles. The Kier molecular flexibility index (Phi) is 4.43. The van der Waals surface area contributed by atoms with Crippen molar-refractivity contribution in [1.29, 1.82) is 0 Å². The second kappa shape index (κ2) is 6.50. The number of carboxylic acids is 1. The number of hydrogen-bond acceptors (Lipinski definition) is 3. The van der Waals surface area contributed by atoms with E-state index in [9.17, 15) is 14.7 Å². The van der Waals surface area contributed by atoms with Gasteiger partial charge in [0.2, 0.25) is 5.91 Å². The number of carbonyl (C=O) groups excluding carboxylic acids is 1. The van der Waals surface area contributed by atoms with Crippen LogP contribution in [0.3, 0.4) is 0 Å². The van der Waals surface area contributed by atoms with Crippen LogP contribution in [0, 0.1) is 11.8 Å². The number of halogens is 1. The summed E-state index contributed by atoms with van der Waals surface area (Å²) in [6, 6.07) is 7.34. The zero-order chi connectivity index (χ0) is 16.4. The second-order valence-corrected chi connectivity index (χ2v) is 6.33. The molecule has 5 nitrogen and oxygen atoms in total. The van der Waals surface area contributed by atoms with E-state index in [1.807, 2.05) is 30.4 Å². The number of aromatic nitrogens is 1. The lowest BCUT2D eigenvalue weighted by molar-refractivity contribution is -0.146. The molecule has 2 N–H and O–H groups in total. The van der Waals surface area contributed by atoms with Crippen LogP contribution in [0.2, 0.25) is 0 Å². The van der Waals surface area contributed by atoms with Crippen LogP contribution in [0.15, 0.2) is 47.1 Å². The van der Waals surface area contributed by atoms with Gasteiger partial charge in [0.1, 0.15) is 0 Å². The summed E-state index contributed by atoms with van der Waals surface area (Å²) in [6.07, 6.45) is 6.16. The van der Waals surface area contributed by atoms with Crippen molar-refractivity contribution in [2.75, 3.05) is 5.32 Å². The SMILES string of the molecule is O=C(Nc1ccc(Br)c2cccnc12)[C@H]1CC=CC[C@H]1C(=O)O. The fraction of sp³-hybridized carbons (Fsp3) is 0.235. The number of anilines is 1. The number of benzene rings is 1. The lowest BCUT2D eigenvalue weighted by Gasteiger charge is -2.24. The molecule has 118 valence electrons.